The second kappa shape index (κ2) is 7.71. The average molecular weight is 187 g/mol. The summed E-state index contributed by atoms with van der Waals surface area (Å²) >= 11 is 0. The maximum Gasteiger partial charge on any atom is 0.210 e. The van der Waals surface area contributed by atoms with Gasteiger partial charge in [-0.1, -0.05) is 26.2 Å². The van der Waals surface area contributed by atoms with Crippen molar-refractivity contribution in [3.05, 3.63) is 10.1 Å². The number of hydrogen-bond acceptors (Lipinski definition) is 3. The fourth-order valence-corrected chi connectivity index (χ4v) is 1.09. The topological polar surface area (TPSA) is 60.2 Å². The summed E-state index contributed by atoms with van der Waals surface area (Å²) in [5.74, 6) is 0.0211. The Hall–Kier alpha value is -0.930. The summed E-state index contributed by atoms with van der Waals surface area (Å²) in [7, 11) is 0. The molecule has 0 saturated carbocycles. The number of carbonyl (C=O) groups excluding carboxylic acids is 1. The molecule has 0 aliphatic carbocycles. The molecule has 0 heterocycles. The van der Waals surface area contributed by atoms with Crippen LogP contribution in [0, 0.1) is 10.1 Å². The van der Waals surface area contributed by atoms with Gasteiger partial charge in [-0.3, -0.25) is 14.9 Å². The van der Waals surface area contributed by atoms with E-state index in [9.17, 15) is 14.9 Å². The van der Waals surface area contributed by atoms with Gasteiger partial charge < -0.3 is 0 Å². The van der Waals surface area contributed by atoms with E-state index in [0.717, 1.165) is 25.7 Å². The molecule has 76 valence electrons. The minimum Gasteiger partial charge on any atom is -0.299 e. The van der Waals surface area contributed by atoms with Gasteiger partial charge in [0.1, 0.15) is 5.78 Å². The normalized spacial score (nSPS) is 9.92. The van der Waals surface area contributed by atoms with Gasteiger partial charge >= 0.3 is 0 Å². The molecule has 0 aromatic rings. The maximum absolute atomic E-state index is 11.0. The van der Waals surface area contributed by atoms with Crippen LogP contribution in [0.2, 0.25) is 0 Å². The van der Waals surface area contributed by atoms with Crippen LogP contribution in [-0.4, -0.2) is 17.3 Å². The summed E-state index contributed by atoms with van der Waals surface area (Å²) in [5.41, 5.74) is 0. The van der Waals surface area contributed by atoms with Gasteiger partial charge in [-0.15, -0.1) is 0 Å². The maximum atomic E-state index is 11.0. The number of hydrogen-bond donors (Lipinski definition) is 0. The predicted molar refractivity (Wildman–Crippen MR) is 50.2 cm³/mol. The predicted octanol–water partition coefficient (Wildman–Crippen LogP) is 2.19. The Bertz CT molecular complexity index is 168. The van der Waals surface area contributed by atoms with E-state index < -0.39 is 4.92 Å². The van der Waals surface area contributed by atoms with Crippen LogP contribution in [0.25, 0.3) is 0 Å². The Kier molecular flexibility index (Phi) is 7.15. The van der Waals surface area contributed by atoms with Gasteiger partial charge in [0.05, 0.1) is 6.42 Å². The number of carbonyl (C=O) groups is 1. The van der Waals surface area contributed by atoms with Crippen molar-refractivity contribution in [2.75, 3.05) is 6.54 Å². The molecule has 0 radical (unpaired) electrons. The second-order valence-electron chi connectivity index (χ2n) is 3.16. The van der Waals surface area contributed by atoms with Gasteiger partial charge in [-0.2, -0.15) is 0 Å². The quantitative estimate of drug-likeness (QED) is 0.332. The van der Waals surface area contributed by atoms with Crippen LogP contribution in [0.15, 0.2) is 0 Å². The average Bonchev–Trinajstić information content (AvgIpc) is 2.09. The van der Waals surface area contributed by atoms with Crippen molar-refractivity contribution in [2.24, 2.45) is 0 Å². The molecule has 0 aliphatic rings. The third-order valence-corrected chi connectivity index (χ3v) is 1.88. The van der Waals surface area contributed by atoms with Gasteiger partial charge in [-0.05, 0) is 6.42 Å². The lowest BCUT2D eigenvalue weighted by atomic mass is 10.1. The Balaban J connectivity index is 3.25. The molecular weight excluding hydrogens is 170 g/mol. The van der Waals surface area contributed by atoms with Crippen LogP contribution in [0.5, 0.6) is 0 Å². The summed E-state index contributed by atoms with van der Waals surface area (Å²) in [6, 6.07) is 0. The van der Waals surface area contributed by atoms with Gasteiger partial charge in [-0.25, -0.2) is 0 Å². The molecule has 0 unspecified atom stereocenters. The van der Waals surface area contributed by atoms with Gasteiger partial charge in [0.15, 0.2) is 0 Å². The Labute approximate surface area is 78.5 Å². The number of rotatable bonds is 8. The zero-order chi connectivity index (χ0) is 10.1. The lowest BCUT2D eigenvalue weighted by Gasteiger charge is -1.97. The van der Waals surface area contributed by atoms with Crippen molar-refractivity contribution < 1.29 is 9.72 Å². The molecule has 0 N–H and O–H groups in total. The van der Waals surface area contributed by atoms with Gasteiger partial charge in [0, 0.05) is 11.3 Å². The summed E-state index contributed by atoms with van der Waals surface area (Å²) < 4.78 is 0. The van der Waals surface area contributed by atoms with Crippen LogP contribution in [0.4, 0.5) is 0 Å². The highest BCUT2D eigenvalue weighted by Gasteiger charge is 2.05. The number of nitrogens with zero attached hydrogens (tertiary/aromatic N) is 1. The van der Waals surface area contributed by atoms with E-state index in [1.54, 1.807) is 0 Å². The third kappa shape index (κ3) is 8.98. The van der Waals surface area contributed by atoms with E-state index in [1.165, 1.54) is 0 Å². The summed E-state index contributed by atoms with van der Waals surface area (Å²) in [6.07, 6.45) is 4.82. The molecule has 0 rings (SSSR count). The molecule has 0 aromatic carbocycles. The van der Waals surface area contributed by atoms with Crippen molar-refractivity contribution in [3.63, 3.8) is 0 Å². The molecule has 0 saturated heterocycles. The number of ketones is 1. The molecule has 4 nitrogen and oxygen atoms in total. The lowest BCUT2D eigenvalue weighted by Crippen LogP contribution is -2.07. The Morgan fingerprint density at radius 1 is 1.23 bits per heavy atom. The minimum absolute atomic E-state index is 0.0211. The molecule has 0 atom stereocenters. The molecule has 0 aliphatic heterocycles. The first-order chi connectivity index (χ1) is 6.16. The standard InChI is InChI=1S/C9H17NO3/c1-2-3-4-5-6-9(11)7-8-10(12)13/h2-8H2,1H3. The second-order valence-corrected chi connectivity index (χ2v) is 3.16. The van der Waals surface area contributed by atoms with E-state index in [0.29, 0.717) is 6.42 Å². The first kappa shape index (κ1) is 12.1. The fraction of sp³-hybridized carbons (Fsp3) is 0.889. The van der Waals surface area contributed by atoms with E-state index >= 15 is 0 Å². The highest BCUT2D eigenvalue weighted by Crippen LogP contribution is 2.04. The van der Waals surface area contributed by atoms with Crippen LogP contribution in [0.3, 0.4) is 0 Å². The van der Waals surface area contributed by atoms with Crippen molar-refractivity contribution >= 4 is 5.78 Å². The Morgan fingerprint density at radius 3 is 2.46 bits per heavy atom. The fourth-order valence-electron chi connectivity index (χ4n) is 1.09. The van der Waals surface area contributed by atoms with E-state index in [2.05, 4.69) is 6.92 Å². The van der Waals surface area contributed by atoms with E-state index in [-0.39, 0.29) is 18.7 Å². The molecule has 0 fully saturated rings. The summed E-state index contributed by atoms with van der Waals surface area (Å²) in [4.78, 5) is 20.5. The summed E-state index contributed by atoms with van der Waals surface area (Å²) in [5, 5.41) is 9.93. The Morgan fingerprint density at radius 2 is 1.92 bits per heavy atom. The van der Waals surface area contributed by atoms with E-state index in [4.69, 9.17) is 0 Å². The third-order valence-electron chi connectivity index (χ3n) is 1.88. The monoisotopic (exact) mass is 187 g/mol. The minimum atomic E-state index is -0.441. The van der Waals surface area contributed by atoms with Crippen molar-refractivity contribution in [2.45, 2.75) is 45.4 Å². The first-order valence-corrected chi connectivity index (χ1v) is 4.80. The molecule has 0 amide bonds. The smallest absolute Gasteiger partial charge is 0.210 e. The highest BCUT2D eigenvalue weighted by molar-refractivity contribution is 5.78. The molecule has 0 bridgehead atoms. The van der Waals surface area contributed by atoms with Crippen LogP contribution < -0.4 is 0 Å². The summed E-state index contributed by atoms with van der Waals surface area (Å²) in [6.45, 7) is 1.89. The van der Waals surface area contributed by atoms with Crippen LogP contribution >= 0.6 is 0 Å². The SMILES string of the molecule is CCCCCCC(=O)CC[N+](=O)[O-]. The number of nitro groups is 1. The van der Waals surface area contributed by atoms with E-state index in [1.807, 2.05) is 0 Å². The van der Waals surface area contributed by atoms with Crippen molar-refractivity contribution in [1.29, 1.82) is 0 Å². The van der Waals surface area contributed by atoms with Crippen molar-refractivity contribution in [1.82, 2.24) is 0 Å². The zero-order valence-corrected chi connectivity index (χ0v) is 8.12. The van der Waals surface area contributed by atoms with Crippen LogP contribution in [-0.2, 0) is 4.79 Å². The highest BCUT2D eigenvalue weighted by atomic mass is 16.6. The number of unbranched alkanes of at least 4 members (excludes halogenated alkanes) is 3. The lowest BCUT2D eigenvalue weighted by molar-refractivity contribution is -0.478. The number of Topliss-reactive ketones (excluding diaryl/α,β-unsaturated/α-hetero) is 1. The largest absolute Gasteiger partial charge is 0.299 e. The zero-order valence-electron chi connectivity index (χ0n) is 8.12. The van der Waals surface area contributed by atoms with Crippen molar-refractivity contribution in [3.8, 4) is 0 Å². The first-order valence-electron chi connectivity index (χ1n) is 4.80. The molecule has 13 heavy (non-hydrogen) atoms. The molecule has 4 heteroatoms. The molecule has 0 spiro atoms. The molecule has 0 aromatic heterocycles. The molecular formula is C9H17NO3. The van der Waals surface area contributed by atoms with Gasteiger partial charge in [0.25, 0.3) is 0 Å². The van der Waals surface area contributed by atoms with Gasteiger partial charge in [0.2, 0.25) is 6.54 Å². The van der Waals surface area contributed by atoms with Crippen LogP contribution in [0.1, 0.15) is 45.4 Å².